The van der Waals surface area contributed by atoms with Crippen molar-refractivity contribution in [2.45, 2.75) is 63.8 Å². The summed E-state index contributed by atoms with van der Waals surface area (Å²) in [5.74, 6) is -0.410. The van der Waals surface area contributed by atoms with E-state index in [0.29, 0.717) is 6.42 Å². The molecule has 0 aliphatic heterocycles. The lowest BCUT2D eigenvalue weighted by molar-refractivity contribution is -0.142. The Kier molecular flexibility index (Phi) is 6.80. The van der Waals surface area contributed by atoms with E-state index in [-0.39, 0.29) is 6.42 Å². The summed E-state index contributed by atoms with van der Waals surface area (Å²) in [4.78, 5) is 23.5. The van der Waals surface area contributed by atoms with Gasteiger partial charge in [-0.05, 0) is 62.1 Å². The van der Waals surface area contributed by atoms with Gasteiger partial charge in [0.25, 0.3) is 0 Å². The lowest BCUT2D eigenvalue weighted by atomic mass is 9.90. The van der Waals surface area contributed by atoms with Gasteiger partial charge in [0.1, 0.15) is 17.4 Å². The molecule has 1 heterocycles. The highest BCUT2D eigenvalue weighted by Gasteiger charge is 2.25. The summed E-state index contributed by atoms with van der Waals surface area (Å²) in [6.07, 6.45) is 7.84. The highest BCUT2D eigenvalue weighted by molar-refractivity contribution is 5.83. The van der Waals surface area contributed by atoms with E-state index in [9.17, 15) is 14.8 Å². The fourth-order valence-corrected chi connectivity index (χ4v) is 4.71. The third kappa shape index (κ3) is 5.04. The fraction of sp³-hybridized carbons (Fsp3) is 0.423. The van der Waals surface area contributed by atoms with E-state index in [0.717, 1.165) is 54.4 Å². The predicted octanol–water partition coefficient (Wildman–Crippen LogP) is 6.62. The second-order valence-electron chi connectivity index (χ2n) is 8.59. The maximum Gasteiger partial charge on any atom is 0.306 e. The Hall–Kier alpha value is -2.95. The Morgan fingerprint density at radius 2 is 1.87 bits per heavy atom. The number of rotatable bonds is 9. The van der Waals surface area contributed by atoms with Crippen LogP contribution in [-0.2, 0) is 24.1 Å². The summed E-state index contributed by atoms with van der Waals surface area (Å²) in [5.41, 5.74) is 4.01. The molecule has 162 valence electrons. The average molecular weight is 420 g/mol. The van der Waals surface area contributed by atoms with E-state index in [1.165, 1.54) is 24.0 Å². The molecule has 0 saturated carbocycles. The number of hydrogen-bond donors (Lipinski definition) is 1. The predicted molar refractivity (Wildman–Crippen MR) is 121 cm³/mol. The molecule has 0 saturated heterocycles. The molecule has 1 N–H and O–H groups in total. The second-order valence-corrected chi connectivity index (χ2v) is 8.59. The van der Waals surface area contributed by atoms with Gasteiger partial charge in [-0.1, -0.05) is 54.1 Å². The molecule has 0 fully saturated rings. The first-order valence-electron chi connectivity index (χ1n) is 11.3. The van der Waals surface area contributed by atoms with E-state index in [2.05, 4.69) is 5.18 Å². The number of fused-ring (bicyclic) bond motifs is 3. The number of carboxylic acids is 1. The minimum Gasteiger partial charge on any atom is -0.481 e. The molecular formula is C26H29NO4. The number of hydrogen-bond acceptors (Lipinski definition) is 4. The van der Waals surface area contributed by atoms with Crippen molar-refractivity contribution in [3.8, 4) is 0 Å². The van der Waals surface area contributed by atoms with Gasteiger partial charge in [0.15, 0.2) is 0 Å². The molecule has 0 amide bonds. The first kappa shape index (κ1) is 21.3. The van der Waals surface area contributed by atoms with Crippen LogP contribution in [0.15, 0.2) is 58.1 Å². The van der Waals surface area contributed by atoms with Crippen molar-refractivity contribution in [3.63, 3.8) is 0 Å². The molecule has 2 aromatic carbocycles. The maximum absolute atomic E-state index is 11.8. The second kappa shape index (κ2) is 9.90. The number of carboxylic acid groups (broad SMARTS) is 1. The zero-order valence-electron chi connectivity index (χ0n) is 17.8. The van der Waals surface area contributed by atoms with Crippen molar-refractivity contribution in [3.05, 3.63) is 75.9 Å². The number of nitrogens with zero attached hydrogens (tertiary/aromatic N) is 1. The number of aliphatic carboxylic acids is 1. The Bertz CT molecular complexity index is 1040. The lowest BCUT2D eigenvalue weighted by Crippen LogP contribution is -2.17. The molecule has 3 aromatic rings. The number of benzene rings is 2. The maximum atomic E-state index is 11.8. The van der Waals surface area contributed by atoms with Crippen LogP contribution in [0.2, 0.25) is 0 Å². The molecule has 31 heavy (non-hydrogen) atoms. The minimum atomic E-state index is -0.868. The van der Waals surface area contributed by atoms with Crippen molar-refractivity contribution in [1.82, 2.24) is 0 Å². The lowest BCUT2D eigenvalue weighted by Gasteiger charge is -2.16. The van der Waals surface area contributed by atoms with Gasteiger partial charge in [-0.15, -0.1) is 0 Å². The van der Waals surface area contributed by atoms with Gasteiger partial charge in [-0.2, -0.15) is 4.91 Å². The Balaban J connectivity index is 1.46. The van der Waals surface area contributed by atoms with Gasteiger partial charge in [-0.25, -0.2) is 0 Å². The van der Waals surface area contributed by atoms with Crippen molar-refractivity contribution < 1.29 is 14.3 Å². The van der Waals surface area contributed by atoms with Crippen LogP contribution >= 0.6 is 0 Å². The van der Waals surface area contributed by atoms with Crippen LogP contribution in [0.4, 0.5) is 0 Å². The van der Waals surface area contributed by atoms with Crippen LogP contribution in [0.25, 0.3) is 11.0 Å². The van der Waals surface area contributed by atoms with Crippen molar-refractivity contribution in [2.75, 3.05) is 0 Å². The van der Waals surface area contributed by atoms with E-state index in [1.54, 1.807) is 0 Å². The number of carbonyl (C=O) groups is 1. The van der Waals surface area contributed by atoms with Gasteiger partial charge in [0, 0.05) is 17.4 Å². The molecule has 0 bridgehead atoms. The van der Waals surface area contributed by atoms with Crippen LogP contribution in [0.3, 0.4) is 0 Å². The highest BCUT2D eigenvalue weighted by Crippen LogP contribution is 2.35. The van der Waals surface area contributed by atoms with Crippen LogP contribution in [0.5, 0.6) is 0 Å². The van der Waals surface area contributed by atoms with Gasteiger partial charge in [0.05, 0.1) is 5.92 Å². The molecule has 1 aromatic heterocycles. The van der Waals surface area contributed by atoms with Gasteiger partial charge in [0.2, 0.25) is 0 Å². The molecule has 2 atom stereocenters. The van der Waals surface area contributed by atoms with E-state index in [4.69, 9.17) is 4.42 Å². The summed E-state index contributed by atoms with van der Waals surface area (Å²) in [6.45, 7) is 0. The zero-order valence-corrected chi connectivity index (χ0v) is 17.8. The van der Waals surface area contributed by atoms with Gasteiger partial charge in [-0.3, -0.25) is 4.79 Å². The first-order valence-corrected chi connectivity index (χ1v) is 11.3. The molecule has 2 unspecified atom stereocenters. The molecule has 1 aliphatic carbocycles. The highest BCUT2D eigenvalue weighted by atomic mass is 16.4. The van der Waals surface area contributed by atoms with E-state index >= 15 is 0 Å². The monoisotopic (exact) mass is 419 g/mol. The smallest absolute Gasteiger partial charge is 0.306 e. The van der Waals surface area contributed by atoms with Gasteiger partial charge >= 0.3 is 5.97 Å². The molecule has 5 heteroatoms. The zero-order chi connectivity index (χ0) is 21.6. The molecule has 5 nitrogen and oxygen atoms in total. The topological polar surface area (TPSA) is 79.9 Å². The third-order valence-corrected chi connectivity index (χ3v) is 6.46. The van der Waals surface area contributed by atoms with Crippen molar-refractivity contribution in [2.24, 2.45) is 11.1 Å². The summed E-state index contributed by atoms with van der Waals surface area (Å²) < 4.78 is 6.11. The SMILES string of the molecule is O=NC(CC(CCCc1ccccc1)C(=O)O)c1ccc2c3c(oc2c1)CCCCC3. The van der Waals surface area contributed by atoms with Gasteiger partial charge < -0.3 is 9.52 Å². The molecule has 0 radical (unpaired) electrons. The average Bonchev–Trinajstić information content (AvgIpc) is 2.96. The molecule has 4 rings (SSSR count). The van der Waals surface area contributed by atoms with E-state index < -0.39 is 17.9 Å². The normalized spacial score (nSPS) is 15.7. The van der Waals surface area contributed by atoms with Crippen molar-refractivity contribution >= 4 is 16.9 Å². The molecule has 0 spiro atoms. The summed E-state index contributed by atoms with van der Waals surface area (Å²) in [7, 11) is 0. The van der Waals surface area contributed by atoms with Crippen LogP contribution in [-0.4, -0.2) is 11.1 Å². The van der Waals surface area contributed by atoms with Crippen molar-refractivity contribution in [1.29, 1.82) is 0 Å². The third-order valence-electron chi connectivity index (χ3n) is 6.46. The Labute approximate surface area is 182 Å². The minimum absolute atomic E-state index is 0.208. The standard InChI is InChI=1S/C26H29NO4/c28-26(29)20(11-7-10-18-8-3-1-4-9-18)16-23(27-30)19-14-15-22-21-12-5-2-6-13-24(21)31-25(22)17-19/h1,3-4,8-9,14-15,17,20,23H,2,5-7,10-13,16H2,(H,28,29). The Morgan fingerprint density at radius 3 is 2.65 bits per heavy atom. The fourth-order valence-electron chi connectivity index (χ4n) is 4.71. The number of furan rings is 1. The molecule has 1 aliphatic rings. The quantitative estimate of drug-likeness (QED) is 0.312. The van der Waals surface area contributed by atoms with Crippen LogP contribution in [0.1, 0.15) is 67.0 Å². The number of aryl methyl sites for hydroxylation is 3. The first-order chi connectivity index (χ1) is 15.2. The van der Waals surface area contributed by atoms with E-state index in [1.807, 2.05) is 48.5 Å². The summed E-state index contributed by atoms with van der Waals surface area (Å²) in [5, 5.41) is 14.1. The summed E-state index contributed by atoms with van der Waals surface area (Å²) in [6, 6.07) is 15.2. The number of nitroso groups, excluding NO2 is 1. The van der Waals surface area contributed by atoms with Crippen LogP contribution < -0.4 is 0 Å². The molecular weight excluding hydrogens is 390 g/mol. The Morgan fingerprint density at radius 1 is 1.06 bits per heavy atom. The summed E-state index contributed by atoms with van der Waals surface area (Å²) >= 11 is 0. The largest absolute Gasteiger partial charge is 0.481 e. The van der Waals surface area contributed by atoms with Crippen LogP contribution in [0, 0.1) is 10.8 Å².